The lowest BCUT2D eigenvalue weighted by Gasteiger charge is -2.00. The maximum absolute atomic E-state index is 11.5. The zero-order valence-corrected chi connectivity index (χ0v) is 9.36. The number of sulfone groups is 1. The van der Waals surface area contributed by atoms with Gasteiger partial charge in [-0.1, -0.05) is 6.92 Å². The van der Waals surface area contributed by atoms with Gasteiger partial charge < -0.3 is 0 Å². The van der Waals surface area contributed by atoms with Crippen LogP contribution in [-0.2, 0) is 9.84 Å². The minimum Gasteiger partial charge on any atom is -0.259 e. The summed E-state index contributed by atoms with van der Waals surface area (Å²) in [4.78, 5) is 13.9. The zero-order chi connectivity index (χ0) is 12.2. The molecule has 1 rings (SSSR count). The lowest BCUT2D eigenvalue weighted by atomic mass is 10.2. The summed E-state index contributed by atoms with van der Waals surface area (Å²) in [5.74, 6) is -0.664. The van der Waals surface area contributed by atoms with E-state index in [1.54, 1.807) is 6.92 Å². The van der Waals surface area contributed by atoms with Crippen molar-refractivity contribution < 1.29 is 13.2 Å². The van der Waals surface area contributed by atoms with Crippen molar-refractivity contribution in [3.63, 3.8) is 0 Å². The molecule has 0 heterocycles. The normalized spacial score (nSPS) is 10.6. The summed E-state index contributed by atoms with van der Waals surface area (Å²) in [6.45, 7) is 1.54. The molecule has 0 bridgehead atoms. The Morgan fingerprint density at radius 3 is 2.38 bits per heavy atom. The van der Waals surface area contributed by atoms with E-state index in [4.69, 9.17) is 5.53 Å². The van der Waals surface area contributed by atoms with Crippen molar-refractivity contribution in [1.29, 1.82) is 5.53 Å². The van der Waals surface area contributed by atoms with E-state index in [0.717, 1.165) is 0 Å². The molecule has 0 aliphatic rings. The summed E-state index contributed by atoms with van der Waals surface area (Å²) in [6, 6.07) is 5.37. The lowest BCUT2D eigenvalue weighted by Crippen LogP contribution is -2.04. The highest BCUT2D eigenvalue weighted by atomic mass is 32.2. The molecule has 0 saturated heterocycles. The zero-order valence-electron chi connectivity index (χ0n) is 8.54. The van der Waals surface area contributed by atoms with Crippen LogP contribution in [0.3, 0.4) is 0 Å². The minimum absolute atomic E-state index is 0.00667. The number of benzene rings is 1. The summed E-state index contributed by atoms with van der Waals surface area (Å²) in [5, 5.41) is 3.01. The maximum atomic E-state index is 11.5. The van der Waals surface area contributed by atoms with E-state index in [9.17, 15) is 13.2 Å². The van der Waals surface area contributed by atoms with Gasteiger partial charge in [-0.05, 0) is 24.3 Å². The Balaban J connectivity index is 3.10. The Kier molecular flexibility index (Phi) is 3.65. The number of rotatable bonds is 3. The molecular formula is C9H10N3O3S+. The fourth-order valence-electron chi connectivity index (χ4n) is 1.07. The van der Waals surface area contributed by atoms with Gasteiger partial charge in [0.05, 0.1) is 10.6 Å². The number of carbonyl (C=O) groups is 1. The topological polar surface area (TPSA) is 102 Å². The summed E-state index contributed by atoms with van der Waals surface area (Å²) in [7, 11) is -3.26. The highest BCUT2D eigenvalue weighted by Crippen LogP contribution is 2.12. The first kappa shape index (κ1) is 12.2. The molecule has 0 aliphatic heterocycles. The Hall–Kier alpha value is -1.85. The van der Waals surface area contributed by atoms with Gasteiger partial charge in [0.15, 0.2) is 9.84 Å². The molecule has 0 fully saturated rings. The number of nitrogens with zero attached hydrogens (tertiary/aromatic N) is 2. The molecular weight excluding hydrogens is 230 g/mol. The Morgan fingerprint density at radius 1 is 1.38 bits per heavy atom. The van der Waals surface area contributed by atoms with Crippen molar-refractivity contribution in [1.82, 2.24) is 4.91 Å². The van der Waals surface area contributed by atoms with Gasteiger partial charge in [-0.25, -0.2) is 8.42 Å². The third-order valence-corrected chi connectivity index (χ3v) is 3.73. The second kappa shape index (κ2) is 4.78. The third-order valence-electron chi connectivity index (χ3n) is 1.98. The quantitative estimate of drug-likeness (QED) is 0.633. The first-order valence-corrected chi connectivity index (χ1v) is 6.11. The number of carbonyl (C=O) groups excluding carboxylic acids is 1. The molecule has 0 aliphatic carbocycles. The van der Waals surface area contributed by atoms with Crippen LogP contribution in [0.5, 0.6) is 0 Å². The predicted molar refractivity (Wildman–Crippen MR) is 55.8 cm³/mol. The third kappa shape index (κ3) is 2.59. The highest BCUT2D eigenvalue weighted by molar-refractivity contribution is 7.91. The fraction of sp³-hybridized carbons (Fsp3) is 0.222. The molecule has 1 aromatic rings. The molecule has 0 atom stereocenters. The number of amides is 1. The molecule has 1 N–H and O–H groups in total. The average Bonchev–Trinajstić information content (AvgIpc) is 2.29. The van der Waals surface area contributed by atoms with Crippen LogP contribution < -0.4 is 4.91 Å². The summed E-state index contributed by atoms with van der Waals surface area (Å²) < 4.78 is 22.9. The van der Waals surface area contributed by atoms with E-state index >= 15 is 0 Å². The largest absolute Gasteiger partial charge is 0.360 e. The Labute approximate surface area is 92.4 Å². The standard InChI is InChI=1S/C9H10N3O3S/c1-2-16(14,15)8-5-3-7(4-6-8)9(13)11-12-10/h3-6,10H,2H2,1H3/q+1. The molecule has 0 unspecified atom stereocenters. The van der Waals surface area contributed by atoms with Crippen molar-refractivity contribution in [2.75, 3.05) is 5.75 Å². The first-order valence-electron chi connectivity index (χ1n) is 4.46. The van der Waals surface area contributed by atoms with E-state index in [1.165, 1.54) is 24.3 Å². The molecule has 1 aromatic carbocycles. The van der Waals surface area contributed by atoms with Crippen LogP contribution in [-0.4, -0.2) is 20.1 Å². The monoisotopic (exact) mass is 240 g/mol. The molecule has 84 valence electrons. The fourth-order valence-corrected chi connectivity index (χ4v) is 1.96. The van der Waals surface area contributed by atoms with Crippen LogP contribution in [0.2, 0.25) is 0 Å². The van der Waals surface area contributed by atoms with Gasteiger partial charge in [0.25, 0.3) is 0 Å². The lowest BCUT2D eigenvalue weighted by molar-refractivity contribution is 0.0992. The predicted octanol–water partition coefficient (Wildman–Crippen LogP) is 1.17. The molecule has 6 nitrogen and oxygen atoms in total. The van der Waals surface area contributed by atoms with Crippen LogP contribution in [0.15, 0.2) is 34.3 Å². The van der Waals surface area contributed by atoms with E-state index in [0.29, 0.717) is 0 Å². The molecule has 0 saturated carbocycles. The smallest absolute Gasteiger partial charge is 0.259 e. The van der Waals surface area contributed by atoms with Crippen LogP contribution in [0.25, 0.3) is 0 Å². The number of hydrogen-bond acceptors (Lipinski definition) is 4. The van der Waals surface area contributed by atoms with E-state index in [2.05, 4.69) is 10.0 Å². The van der Waals surface area contributed by atoms with Crippen LogP contribution in [0.1, 0.15) is 17.3 Å². The maximum Gasteiger partial charge on any atom is 0.360 e. The summed E-state index contributed by atoms with van der Waals surface area (Å²) >= 11 is 0. The van der Waals surface area contributed by atoms with Crippen LogP contribution in [0, 0.1) is 5.53 Å². The van der Waals surface area contributed by atoms with Gasteiger partial charge in [0.2, 0.25) is 10.0 Å². The van der Waals surface area contributed by atoms with Crippen LogP contribution in [0.4, 0.5) is 0 Å². The van der Waals surface area contributed by atoms with E-state index in [-0.39, 0.29) is 16.2 Å². The number of nitrogens with one attached hydrogen (secondary N) is 1. The van der Waals surface area contributed by atoms with Crippen molar-refractivity contribution in [3.8, 4) is 0 Å². The molecule has 0 spiro atoms. The molecule has 7 heteroatoms. The second-order valence-electron chi connectivity index (χ2n) is 2.93. The molecule has 16 heavy (non-hydrogen) atoms. The van der Waals surface area contributed by atoms with Gasteiger partial charge in [0, 0.05) is 5.56 Å². The van der Waals surface area contributed by atoms with Crippen molar-refractivity contribution in [2.45, 2.75) is 11.8 Å². The summed E-state index contributed by atoms with van der Waals surface area (Å²) in [6.07, 6.45) is 0. The SMILES string of the molecule is CCS(=O)(=O)c1ccc(C(=O)N=[N+]=N)cc1. The van der Waals surface area contributed by atoms with Crippen molar-refractivity contribution >= 4 is 15.7 Å². The van der Waals surface area contributed by atoms with Gasteiger partial charge in [-0.15, -0.1) is 0 Å². The summed E-state index contributed by atoms with van der Waals surface area (Å²) in [5.41, 5.74) is 6.60. The molecule has 1 amide bonds. The number of hydrogen-bond donors (Lipinski definition) is 1. The minimum atomic E-state index is -3.26. The van der Waals surface area contributed by atoms with Gasteiger partial charge in [-0.3, -0.25) is 4.79 Å². The van der Waals surface area contributed by atoms with E-state index < -0.39 is 15.7 Å². The van der Waals surface area contributed by atoms with Gasteiger partial charge in [-0.2, -0.15) is 0 Å². The van der Waals surface area contributed by atoms with Crippen molar-refractivity contribution in [3.05, 3.63) is 29.8 Å². The van der Waals surface area contributed by atoms with E-state index in [1.807, 2.05) is 0 Å². The van der Waals surface area contributed by atoms with Crippen molar-refractivity contribution in [2.24, 2.45) is 5.11 Å². The Bertz CT molecular complexity index is 542. The van der Waals surface area contributed by atoms with Crippen LogP contribution >= 0.6 is 0 Å². The average molecular weight is 240 g/mol. The van der Waals surface area contributed by atoms with Gasteiger partial charge >= 0.3 is 5.91 Å². The first-order chi connectivity index (χ1) is 7.51. The van der Waals surface area contributed by atoms with Gasteiger partial charge in [0.1, 0.15) is 5.53 Å². The Morgan fingerprint density at radius 2 is 1.94 bits per heavy atom. The molecule has 0 radical (unpaired) electrons. The molecule has 0 aromatic heterocycles. The highest BCUT2D eigenvalue weighted by Gasteiger charge is 2.14. The second-order valence-corrected chi connectivity index (χ2v) is 5.21.